The third-order valence-corrected chi connectivity index (χ3v) is 5.46. The molecule has 0 aromatic heterocycles. The molecule has 2 atom stereocenters. The Hall–Kier alpha value is -0.500. The van der Waals surface area contributed by atoms with Crippen LogP contribution in [0.15, 0.2) is 9.81 Å². The zero-order chi connectivity index (χ0) is 14.8. The van der Waals surface area contributed by atoms with E-state index in [0.29, 0.717) is 11.5 Å². The smallest absolute Gasteiger partial charge is 0.303 e. The molecule has 0 aliphatic carbocycles. The van der Waals surface area contributed by atoms with Crippen LogP contribution < -0.4 is 0 Å². The summed E-state index contributed by atoms with van der Waals surface area (Å²) in [4.78, 5) is 24.0. The lowest BCUT2D eigenvalue weighted by atomic mass is 10.2. The zero-order valence-corrected chi connectivity index (χ0v) is 13.3. The van der Waals surface area contributed by atoms with Gasteiger partial charge in [0.25, 0.3) is 0 Å². The second-order valence-corrected chi connectivity index (χ2v) is 7.21. The SMILES string of the molecule is CC(=O)O[C@H](C1=C(C=O)SCCS1)[C@@H]1COC(C)(C)O1. The molecule has 2 heterocycles. The Morgan fingerprint density at radius 2 is 2.15 bits per heavy atom. The van der Waals surface area contributed by atoms with E-state index < -0.39 is 17.9 Å². The third-order valence-electron chi connectivity index (χ3n) is 2.87. The first-order valence-electron chi connectivity index (χ1n) is 6.37. The lowest BCUT2D eigenvalue weighted by Gasteiger charge is -2.28. The van der Waals surface area contributed by atoms with Crippen LogP contribution in [0.1, 0.15) is 20.8 Å². The van der Waals surface area contributed by atoms with E-state index in [1.54, 1.807) is 11.8 Å². The summed E-state index contributed by atoms with van der Waals surface area (Å²) >= 11 is 3.04. The highest BCUT2D eigenvalue weighted by Crippen LogP contribution is 2.39. The molecule has 2 aliphatic heterocycles. The molecule has 0 bridgehead atoms. The number of esters is 1. The van der Waals surface area contributed by atoms with E-state index in [4.69, 9.17) is 14.2 Å². The number of carbonyl (C=O) groups excluding carboxylic acids is 2. The second kappa shape index (κ2) is 6.51. The summed E-state index contributed by atoms with van der Waals surface area (Å²) in [5, 5.41) is 0. The number of hydrogen-bond donors (Lipinski definition) is 0. The van der Waals surface area contributed by atoms with Gasteiger partial charge in [-0.3, -0.25) is 9.59 Å². The van der Waals surface area contributed by atoms with Gasteiger partial charge in [-0.2, -0.15) is 0 Å². The average Bonchev–Trinajstić information content (AvgIpc) is 2.76. The predicted octanol–water partition coefficient (Wildman–Crippen LogP) is 1.96. The van der Waals surface area contributed by atoms with Crippen molar-refractivity contribution < 1.29 is 23.8 Å². The molecule has 0 aromatic carbocycles. The Kier molecular flexibility index (Phi) is 5.17. The molecule has 5 nitrogen and oxygen atoms in total. The minimum absolute atomic E-state index is 0.339. The number of aldehydes is 1. The number of rotatable bonds is 4. The van der Waals surface area contributed by atoms with E-state index in [9.17, 15) is 9.59 Å². The normalized spacial score (nSPS) is 27.2. The van der Waals surface area contributed by atoms with Gasteiger partial charge in [-0.25, -0.2) is 0 Å². The average molecular weight is 318 g/mol. The summed E-state index contributed by atoms with van der Waals surface area (Å²) in [6, 6.07) is 0. The van der Waals surface area contributed by atoms with Gasteiger partial charge >= 0.3 is 5.97 Å². The summed E-state index contributed by atoms with van der Waals surface area (Å²) < 4.78 is 16.7. The van der Waals surface area contributed by atoms with Crippen LogP contribution in [0, 0.1) is 0 Å². The van der Waals surface area contributed by atoms with Gasteiger partial charge in [-0.05, 0) is 13.8 Å². The van der Waals surface area contributed by atoms with Gasteiger partial charge in [0, 0.05) is 23.3 Å². The van der Waals surface area contributed by atoms with Gasteiger partial charge in [0.1, 0.15) is 6.10 Å². The van der Waals surface area contributed by atoms with Crippen molar-refractivity contribution in [3.63, 3.8) is 0 Å². The van der Waals surface area contributed by atoms with E-state index >= 15 is 0 Å². The van der Waals surface area contributed by atoms with Crippen molar-refractivity contribution in [1.29, 1.82) is 0 Å². The number of allylic oxidation sites excluding steroid dienone is 1. The number of hydrogen-bond acceptors (Lipinski definition) is 7. The minimum atomic E-state index is -0.697. The Morgan fingerprint density at radius 1 is 1.45 bits per heavy atom. The van der Waals surface area contributed by atoms with E-state index in [0.717, 1.165) is 22.7 Å². The molecule has 0 spiro atoms. The Morgan fingerprint density at radius 3 is 2.70 bits per heavy atom. The highest BCUT2D eigenvalue weighted by Gasteiger charge is 2.42. The lowest BCUT2D eigenvalue weighted by molar-refractivity contribution is -0.164. The highest BCUT2D eigenvalue weighted by molar-refractivity contribution is 8.10. The van der Waals surface area contributed by atoms with Gasteiger partial charge in [0.05, 0.1) is 11.5 Å². The molecule has 0 aromatic rings. The molecular weight excluding hydrogens is 300 g/mol. The molecule has 20 heavy (non-hydrogen) atoms. The molecule has 0 unspecified atom stereocenters. The Labute approximate surface area is 126 Å². The maximum Gasteiger partial charge on any atom is 0.303 e. The molecule has 2 aliphatic rings. The fourth-order valence-corrected chi connectivity index (χ4v) is 4.44. The second-order valence-electron chi connectivity index (χ2n) is 4.94. The zero-order valence-electron chi connectivity index (χ0n) is 11.7. The van der Waals surface area contributed by atoms with Crippen LogP contribution in [0.25, 0.3) is 0 Å². The van der Waals surface area contributed by atoms with Crippen molar-refractivity contribution >= 4 is 35.8 Å². The van der Waals surface area contributed by atoms with Crippen LogP contribution in [0.5, 0.6) is 0 Å². The molecule has 7 heteroatoms. The quantitative estimate of drug-likeness (QED) is 0.580. The summed E-state index contributed by atoms with van der Waals surface area (Å²) in [6.07, 6.45) is -0.138. The minimum Gasteiger partial charge on any atom is -0.454 e. The van der Waals surface area contributed by atoms with Crippen LogP contribution in [0.3, 0.4) is 0 Å². The fraction of sp³-hybridized carbons (Fsp3) is 0.692. The van der Waals surface area contributed by atoms with E-state index in [1.165, 1.54) is 18.7 Å². The number of thioether (sulfide) groups is 2. The molecule has 1 saturated heterocycles. The number of ether oxygens (including phenoxy) is 3. The molecule has 0 saturated carbocycles. The van der Waals surface area contributed by atoms with Crippen LogP contribution >= 0.6 is 23.5 Å². The predicted molar refractivity (Wildman–Crippen MR) is 78.5 cm³/mol. The summed E-state index contributed by atoms with van der Waals surface area (Å²) in [5.41, 5.74) is 0. The fourth-order valence-electron chi connectivity index (χ4n) is 2.10. The van der Waals surface area contributed by atoms with Gasteiger partial charge in [0.15, 0.2) is 18.2 Å². The molecule has 1 fully saturated rings. The van der Waals surface area contributed by atoms with Crippen molar-refractivity contribution in [2.24, 2.45) is 0 Å². The molecule has 0 N–H and O–H groups in total. The first kappa shape index (κ1) is 15.9. The highest BCUT2D eigenvalue weighted by atomic mass is 32.2. The van der Waals surface area contributed by atoms with Crippen LogP contribution in [0.2, 0.25) is 0 Å². The molecular formula is C13H18O5S2. The molecule has 0 amide bonds. The maximum absolute atomic E-state index is 11.4. The van der Waals surface area contributed by atoms with E-state index in [1.807, 2.05) is 13.8 Å². The number of carbonyl (C=O) groups is 2. The van der Waals surface area contributed by atoms with Gasteiger partial charge < -0.3 is 14.2 Å². The summed E-state index contributed by atoms with van der Waals surface area (Å²) in [6.45, 7) is 5.33. The van der Waals surface area contributed by atoms with Crippen molar-refractivity contribution in [2.75, 3.05) is 18.1 Å². The van der Waals surface area contributed by atoms with Crippen LogP contribution in [-0.4, -0.2) is 48.4 Å². The standard InChI is InChI=1S/C13H18O5S2/c1-8(15)17-11(9-7-16-13(2,3)18-9)12-10(6-14)19-4-5-20-12/h6,9,11H,4-5,7H2,1-3H3/t9-,11-/m0/s1. The van der Waals surface area contributed by atoms with Crippen LogP contribution in [-0.2, 0) is 23.8 Å². The van der Waals surface area contributed by atoms with Gasteiger partial charge in [-0.1, -0.05) is 0 Å². The first-order chi connectivity index (χ1) is 9.43. The molecule has 2 rings (SSSR count). The van der Waals surface area contributed by atoms with E-state index in [2.05, 4.69) is 0 Å². The Bertz CT molecular complexity index is 432. The van der Waals surface area contributed by atoms with Crippen molar-refractivity contribution in [1.82, 2.24) is 0 Å². The van der Waals surface area contributed by atoms with Gasteiger partial charge in [-0.15, -0.1) is 23.5 Å². The van der Waals surface area contributed by atoms with Gasteiger partial charge in [0.2, 0.25) is 0 Å². The monoisotopic (exact) mass is 318 g/mol. The molecule has 0 radical (unpaired) electrons. The summed E-state index contributed by atoms with van der Waals surface area (Å²) in [5.74, 6) is 0.670. The van der Waals surface area contributed by atoms with Crippen molar-refractivity contribution in [2.45, 2.75) is 38.8 Å². The Balaban J connectivity index is 2.25. The lowest BCUT2D eigenvalue weighted by Crippen LogP contribution is -2.36. The van der Waals surface area contributed by atoms with Crippen molar-refractivity contribution in [3.05, 3.63) is 9.81 Å². The maximum atomic E-state index is 11.4. The van der Waals surface area contributed by atoms with Crippen LogP contribution in [0.4, 0.5) is 0 Å². The summed E-state index contributed by atoms with van der Waals surface area (Å²) in [7, 11) is 0. The third kappa shape index (κ3) is 3.78. The topological polar surface area (TPSA) is 61.8 Å². The van der Waals surface area contributed by atoms with Crippen molar-refractivity contribution in [3.8, 4) is 0 Å². The first-order valence-corrected chi connectivity index (χ1v) is 8.34. The largest absolute Gasteiger partial charge is 0.454 e. The van der Waals surface area contributed by atoms with E-state index in [-0.39, 0.29) is 6.10 Å². The molecule has 112 valence electrons.